The Balaban J connectivity index is 1.58. The number of hydrogen-bond donors (Lipinski definition) is 1. The minimum atomic E-state index is -0.215. The summed E-state index contributed by atoms with van der Waals surface area (Å²) in [4.78, 5) is 16.5. The predicted octanol–water partition coefficient (Wildman–Crippen LogP) is 3.56. The van der Waals surface area contributed by atoms with Crippen molar-refractivity contribution in [3.63, 3.8) is 0 Å². The molecular formula is C19H19N3O4S2. The lowest BCUT2D eigenvalue weighted by atomic mass is 10.2. The SMILES string of the molecule is COc1cc(C=NNC(=O)CSc2nc3ccccc3s2)cc(OC)c1OC. The Bertz CT molecular complexity index is 946. The zero-order chi connectivity index (χ0) is 19.9. The van der Waals surface area contributed by atoms with Gasteiger partial charge in [0, 0.05) is 5.56 Å². The Labute approximate surface area is 170 Å². The standard InChI is InChI=1S/C19H19N3O4S2/c1-24-14-8-12(9-15(25-2)18(14)26-3)10-20-22-17(23)11-27-19-21-13-6-4-5-7-16(13)28-19/h4-10H,11H2,1-3H3,(H,22,23). The molecule has 28 heavy (non-hydrogen) atoms. The highest BCUT2D eigenvalue weighted by molar-refractivity contribution is 8.01. The van der Waals surface area contributed by atoms with Crippen molar-refractivity contribution in [2.45, 2.75) is 4.34 Å². The van der Waals surface area contributed by atoms with Gasteiger partial charge < -0.3 is 14.2 Å². The van der Waals surface area contributed by atoms with Crippen LogP contribution in [0.5, 0.6) is 17.2 Å². The van der Waals surface area contributed by atoms with Crippen LogP contribution >= 0.6 is 23.1 Å². The van der Waals surface area contributed by atoms with Gasteiger partial charge in [-0.05, 0) is 24.3 Å². The van der Waals surface area contributed by atoms with Crippen LogP contribution in [0.2, 0.25) is 0 Å². The molecule has 3 aromatic rings. The number of thiazole rings is 1. The van der Waals surface area contributed by atoms with Crippen molar-refractivity contribution in [1.29, 1.82) is 0 Å². The Morgan fingerprint density at radius 1 is 1.18 bits per heavy atom. The van der Waals surface area contributed by atoms with Crippen LogP contribution in [0, 0.1) is 0 Å². The summed E-state index contributed by atoms with van der Waals surface area (Å²) in [7, 11) is 4.62. The molecular weight excluding hydrogens is 398 g/mol. The molecule has 0 bridgehead atoms. The van der Waals surface area contributed by atoms with Crippen molar-refractivity contribution in [3.8, 4) is 17.2 Å². The Kier molecular flexibility index (Phi) is 6.72. The summed E-state index contributed by atoms with van der Waals surface area (Å²) in [5.74, 6) is 1.54. The molecule has 0 unspecified atom stereocenters. The van der Waals surface area contributed by atoms with Gasteiger partial charge >= 0.3 is 0 Å². The second-order valence-electron chi connectivity index (χ2n) is 5.49. The monoisotopic (exact) mass is 417 g/mol. The summed E-state index contributed by atoms with van der Waals surface area (Å²) < 4.78 is 17.8. The molecule has 0 aliphatic rings. The fraction of sp³-hybridized carbons (Fsp3) is 0.211. The maximum atomic E-state index is 12.0. The number of carbonyl (C=O) groups is 1. The van der Waals surface area contributed by atoms with E-state index in [1.54, 1.807) is 37.7 Å². The van der Waals surface area contributed by atoms with Gasteiger partial charge in [0.15, 0.2) is 15.8 Å². The van der Waals surface area contributed by atoms with Gasteiger partial charge in [-0.3, -0.25) is 4.79 Å². The summed E-state index contributed by atoms with van der Waals surface area (Å²) in [5.41, 5.74) is 4.16. The second-order valence-corrected chi connectivity index (χ2v) is 7.74. The number of fused-ring (bicyclic) bond motifs is 1. The molecule has 0 saturated heterocycles. The van der Waals surface area contributed by atoms with E-state index >= 15 is 0 Å². The third-order valence-corrected chi connectivity index (χ3v) is 5.87. The van der Waals surface area contributed by atoms with Crippen LogP contribution in [-0.2, 0) is 4.79 Å². The molecule has 2 aromatic carbocycles. The van der Waals surface area contributed by atoms with Crippen molar-refractivity contribution < 1.29 is 19.0 Å². The third kappa shape index (κ3) is 4.73. The zero-order valence-electron chi connectivity index (χ0n) is 15.6. The normalized spacial score (nSPS) is 11.0. The summed E-state index contributed by atoms with van der Waals surface area (Å²) in [6, 6.07) is 11.4. The lowest BCUT2D eigenvalue weighted by molar-refractivity contribution is -0.118. The predicted molar refractivity (Wildman–Crippen MR) is 112 cm³/mol. The van der Waals surface area contributed by atoms with Gasteiger partial charge in [0.2, 0.25) is 5.75 Å². The van der Waals surface area contributed by atoms with E-state index in [0.717, 1.165) is 14.6 Å². The van der Waals surface area contributed by atoms with Gasteiger partial charge in [-0.2, -0.15) is 5.10 Å². The van der Waals surface area contributed by atoms with Gasteiger partial charge in [0.05, 0.1) is 43.5 Å². The van der Waals surface area contributed by atoms with Gasteiger partial charge in [-0.1, -0.05) is 23.9 Å². The molecule has 3 rings (SSSR count). The minimum Gasteiger partial charge on any atom is -0.493 e. The quantitative estimate of drug-likeness (QED) is 0.343. The molecule has 0 fully saturated rings. The first kappa shape index (κ1) is 20.0. The number of nitrogens with one attached hydrogen (secondary N) is 1. The number of hydrogen-bond acceptors (Lipinski definition) is 8. The molecule has 0 saturated carbocycles. The first-order chi connectivity index (χ1) is 13.6. The Hall–Kier alpha value is -2.78. The maximum Gasteiger partial charge on any atom is 0.250 e. The van der Waals surface area contributed by atoms with E-state index < -0.39 is 0 Å². The number of hydrazone groups is 1. The summed E-state index contributed by atoms with van der Waals surface area (Å²) in [5, 5.41) is 4.00. The third-order valence-electron chi connectivity index (χ3n) is 3.69. The summed E-state index contributed by atoms with van der Waals surface area (Å²) in [6.07, 6.45) is 1.52. The maximum absolute atomic E-state index is 12.0. The number of amides is 1. The van der Waals surface area contributed by atoms with E-state index in [2.05, 4.69) is 15.5 Å². The molecule has 1 N–H and O–H groups in total. The van der Waals surface area contributed by atoms with E-state index in [1.807, 2.05) is 24.3 Å². The van der Waals surface area contributed by atoms with Crippen LogP contribution in [-0.4, -0.2) is 44.2 Å². The van der Waals surface area contributed by atoms with Gasteiger partial charge in [-0.25, -0.2) is 10.4 Å². The number of nitrogens with zero attached hydrogens (tertiary/aromatic N) is 2. The fourth-order valence-electron chi connectivity index (χ4n) is 2.43. The highest BCUT2D eigenvalue weighted by Crippen LogP contribution is 2.37. The fourth-order valence-corrected chi connectivity index (χ4v) is 4.29. The zero-order valence-corrected chi connectivity index (χ0v) is 17.2. The largest absolute Gasteiger partial charge is 0.493 e. The lowest BCUT2D eigenvalue weighted by Crippen LogP contribution is -2.19. The van der Waals surface area contributed by atoms with Crippen LogP contribution in [0.4, 0.5) is 0 Å². The molecule has 0 radical (unpaired) electrons. The number of thioether (sulfide) groups is 1. The van der Waals surface area contributed by atoms with Crippen LogP contribution in [0.15, 0.2) is 45.8 Å². The number of ether oxygens (including phenoxy) is 3. The van der Waals surface area contributed by atoms with E-state index in [1.165, 1.54) is 25.1 Å². The molecule has 9 heteroatoms. The smallest absolute Gasteiger partial charge is 0.250 e. The number of para-hydroxylation sites is 1. The molecule has 0 aliphatic heterocycles. The van der Waals surface area contributed by atoms with Crippen molar-refractivity contribution in [2.24, 2.45) is 5.10 Å². The number of rotatable bonds is 8. The summed E-state index contributed by atoms with van der Waals surface area (Å²) >= 11 is 2.95. The number of methoxy groups -OCH3 is 3. The lowest BCUT2D eigenvalue weighted by Gasteiger charge is -2.12. The molecule has 0 aliphatic carbocycles. The number of benzene rings is 2. The molecule has 0 spiro atoms. The van der Waals surface area contributed by atoms with Crippen molar-refractivity contribution in [2.75, 3.05) is 27.1 Å². The van der Waals surface area contributed by atoms with Crippen molar-refractivity contribution in [3.05, 3.63) is 42.0 Å². The Morgan fingerprint density at radius 3 is 2.54 bits per heavy atom. The highest BCUT2D eigenvalue weighted by Gasteiger charge is 2.12. The molecule has 1 heterocycles. The Morgan fingerprint density at radius 2 is 1.89 bits per heavy atom. The van der Waals surface area contributed by atoms with Crippen molar-refractivity contribution in [1.82, 2.24) is 10.4 Å². The first-order valence-corrected chi connectivity index (χ1v) is 10.0. The van der Waals surface area contributed by atoms with Crippen LogP contribution in [0.3, 0.4) is 0 Å². The average Bonchev–Trinajstić information content (AvgIpc) is 3.14. The van der Waals surface area contributed by atoms with Crippen LogP contribution < -0.4 is 19.6 Å². The minimum absolute atomic E-state index is 0.215. The van der Waals surface area contributed by atoms with Gasteiger partial charge in [0.25, 0.3) is 5.91 Å². The highest BCUT2D eigenvalue weighted by atomic mass is 32.2. The molecule has 1 aromatic heterocycles. The van der Waals surface area contributed by atoms with E-state index in [4.69, 9.17) is 14.2 Å². The molecule has 7 nitrogen and oxygen atoms in total. The van der Waals surface area contributed by atoms with E-state index in [9.17, 15) is 4.79 Å². The molecule has 0 atom stereocenters. The summed E-state index contributed by atoms with van der Waals surface area (Å²) in [6.45, 7) is 0. The average molecular weight is 418 g/mol. The first-order valence-electron chi connectivity index (χ1n) is 8.25. The molecule has 146 valence electrons. The van der Waals surface area contributed by atoms with Crippen LogP contribution in [0.25, 0.3) is 10.2 Å². The van der Waals surface area contributed by atoms with E-state index in [-0.39, 0.29) is 11.7 Å². The second kappa shape index (κ2) is 9.43. The number of carbonyl (C=O) groups excluding carboxylic acids is 1. The van der Waals surface area contributed by atoms with Crippen LogP contribution in [0.1, 0.15) is 5.56 Å². The van der Waals surface area contributed by atoms with Gasteiger partial charge in [-0.15, -0.1) is 11.3 Å². The molecule has 1 amide bonds. The number of aromatic nitrogens is 1. The van der Waals surface area contributed by atoms with E-state index in [0.29, 0.717) is 22.8 Å². The van der Waals surface area contributed by atoms with Gasteiger partial charge in [0.1, 0.15) is 0 Å². The topological polar surface area (TPSA) is 82.0 Å². The van der Waals surface area contributed by atoms with Crippen molar-refractivity contribution >= 4 is 45.4 Å².